The first-order valence-corrected chi connectivity index (χ1v) is 31.7. The molecule has 6 unspecified atom stereocenters. The van der Waals surface area contributed by atoms with Crippen LogP contribution in [-0.4, -0.2) is 25.4 Å². The van der Waals surface area contributed by atoms with Crippen LogP contribution in [0, 0.1) is 84.9 Å². The van der Waals surface area contributed by atoms with E-state index in [0.29, 0.717) is 12.2 Å². The third-order valence-electron chi connectivity index (χ3n) is 17.7. The normalized spacial score (nSPS) is 30.0. The average molecular weight is 1170 g/mol. The summed E-state index contributed by atoms with van der Waals surface area (Å²) < 4.78 is 10.8. The van der Waals surface area contributed by atoms with Crippen LogP contribution in [0.2, 0.25) is 0 Å². The van der Waals surface area contributed by atoms with Gasteiger partial charge in [-0.15, -0.1) is 0 Å². The van der Waals surface area contributed by atoms with Crippen molar-refractivity contribution in [3.8, 4) is 0 Å². The Morgan fingerprint density at radius 1 is 0.268 bits per heavy atom. The van der Waals surface area contributed by atoms with E-state index >= 15 is 0 Å². The molecule has 2 saturated heterocycles. The van der Waals surface area contributed by atoms with E-state index < -0.39 is 0 Å². The fourth-order valence-corrected chi connectivity index (χ4v) is 10.6. The summed E-state index contributed by atoms with van der Waals surface area (Å²) in [6.45, 7) is 42.9. The molecule has 4 saturated carbocycles. The van der Waals surface area contributed by atoms with E-state index in [1.165, 1.54) is 178 Å². The van der Waals surface area contributed by atoms with Gasteiger partial charge >= 0.3 is 0 Å². The molecule has 6 atom stereocenters. The molecule has 8 aliphatic rings. The monoisotopic (exact) mass is 1170 g/mol. The van der Waals surface area contributed by atoms with Gasteiger partial charge in [-0.1, -0.05) is 319 Å². The molecule has 0 bridgehead atoms. The third-order valence-corrected chi connectivity index (χ3v) is 17.7. The van der Waals surface area contributed by atoms with Gasteiger partial charge in [0, 0.05) is 17.5 Å². The van der Waals surface area contributed by atoms with Gasteiger partial charge in [0.2, 0.25) is 0 Å². The molecule has 0 spiro atoms. The Morgan fingerprint density at radius 2 is 0.451 bits per heavy atom. The SMILES string of the molecule is C.C.C.C.C.C.C.C.C.C.CC1=CCC(C)CC1.CC1=CCC(C)CC1.CC1CCC(C)CC1.CC1CCC(C)CC1.CC1CCC(C)CC1.CC1CCC(C)CC1.CC1CCC(C)OC1.CC1CCC(C)OC1.Cc1ccc(C)cc1.[2HH].[HH].[HH]. The Kier molecular flexibility index (Phi) is 78.3. The first kappa shape index (κ1) is 102. The Morgan fingerprint density at radius 3 is 0.573 bits per heavy atom. The molecule has 0 N–H and O–H groups in total. The fraction of sp³-hybridized carbons (Fsp3) is 0.875. The second-order valence-corrected chi connectivity index (χ2v) is 27.1. The first-order chi connectivity index (χ1) is 34.1. The number of allylic oxidation sites excluding steroid dienone is 4. The number of benzene rings is 1. The minimum atomic E-state index is 0. The molecule has 2 heteroatoms. The number of hydrogen-bond donors (Lipinski definition) is 0. The van der Waals surface area contributed by atoms with Crippen molar-refractivity contribution in [2.75, 3.05) is 13.2 Å². The van der Waals surface area contributed by atoms with Crippen LogP contribution in [0.15, 0.2) is 47.6 Å². The molecular formula is C80H176O2. The quantitative estimate of drug-likeness (QED) is 0.241. The largest absolute Gasteiger partial charge is 0.378 e. The topological polar surface area (TPSA) is 18.5 Å². The molecule has 0 amide bonds. The molecule has 0 aromatic heterocycles. The Balaban J connectivity index is -0.0000000612. The lowest BCUT2D eigenvalue weighted by molar-refractivity contribution is 0.000174. The standard InChI is InChI=1S/4C8H16.2C8H14.C8H10.2C7H14O.10CH4.3H2/c7*1-7-3-5-8(2)6-4-7;2*1-6-3-4-7(2)8-5-6;;;;;;;;;;;;;/h4*7-8H,3-6H2,1-2H3;2*3,8H,4-6H2,1-2H3;3-6H,1-2H3;2*6-7H,3-5H2,1-2H3;10*1H4;3*1H/i;;;;;;;;;;;;;;;;;;;1+1;;. The molecule has 2 nitrogen and oxygen atoms in total. The Hall–Kier alpha value is -1.38. The van der Waals surface area contributed by atoms with Gasteiger partial charge in [0.25, 0.3) is 0 Å². The van der Waals surface area contributed by atoms with Crippen molar-refractivity contribution in [2.24, 2.45) is 71.0 Å². The van der Waals surface area contributed by atoms with Crippen molar-refractivity contribution in [3.05, 3.63) is 58.7 Å². The first-order valence-electron chi connectivity index (χ1n) is 31.7. The molecule has 6 fully saturated rings. The number of hydrogen-bond acceptors (Lipinski definition) is 2. The Labute approximate surface area is 532 Å². The van der Waals surface area contributed by atoms with Crippen molar-refractivity contribution >= 4 is 0 Å². The summed E-state index contributed by atoms with van der Waals surface area (Å²) in [4.78, 5) is 0. The second-order valence-electron chi connectivity index (χ2n) is 27.1. The highest BCUT2D eigenvalue weighted by Gasteiger charge is 2.17. The van der Waals surface area contributed by atoms with Crippen LogP contribution >= 0.6 is 0 Å². The molecular weight excluding hydrogens is 993 g/mol. The van der Waals surface area contributed by atoms with Gasteiger partial charge < -0.3 is 9.47 Å². The predicted octanol–water partition coefficient (Wildman–Crippen LogP) is 29.9. The zero-order valence-corrected chi connectivity index (χ0v) is 52.2. The summed E-state index contributed by atoms with van der Waals surface area (Å²) in [5, 5.41) is 0. The van der Waals surface area contributed by atoms with E-state index in [-0.39, 0.29) is 78.5 Å². The van der Waals surface area contributed by atoms with E-state index in [1.807, 2.05) is 0 Å². The Bertz CT molecular complexity index is 1160. The maximum Gasteiger partial charge on any atom is 0.0547 e. The molecule has 508 valence electrons. The highest BCUT2D eigenvalue weighted by Crippen LogP contribution is 2.30. The lowest BCUT2D eigenvalue weighted by Gasteiger charge is -2.23. The van der Waals surface area contributed by atoms with Gasteiger partial charge in [-0.3, -0.25) is 0 Å². The summed E-state index contributed by atoms with van der Waals surface area (Å²) >= 11 is 0. The average Bonchev–Trinajstić information content (AvgIpc) is 3.36. The van der Waals surface area contributed by atoms with Crippen molar-refractivity contribution in [1.29, 1.82) is 0 Å². The maximum atomic E-state index is 5.39. The van der Waals surface area contributed by atoms with Crippen LogP contribution in [-0.2, 0) is 9.47 Å². The number of ether oxygens (including phenoxy) is 2. The molecule has 6 aliphatic carbocycles. The summed E-state index contributed by atoms with van der Waals surface area (Å²) in [5.41, 5.74) is 5.83. The zero-order chi connectivity index (χ0) is 53.8. The predicted molar refractivity (Wildman–Crippen MR) is 398 cm³/mol. The summed E-state index contributed by atoms with van der Waals surface area (Å²) in [7, 11) is 0. The van der Waals surface area contributed by atoms with Gasteiger partial charge in [-0.2, -0.15) is 0 Å². The molecule has 0 radical (unpaired) electrons. The van der Waals surface area contributed by atoms with Crippen LogP contribution in [0.1, 0.15) is 367 Å². The van der Waals surface area contributed by atoms with Crippen LogP contribution in [0.5, 0.6) is 0 Å². The van der Waals surface area contributed by atoms with E-state index in [4.69, 9.17) is 9.47 Å². The van der Waals surface area contributed by atoms with Gasteiger partial charge in [0.1, 0.15) is 0 Å². The highest BCUT2D eigenvalue weighted by atomic mass is 16.5. The summed E-state index contributed by atoms with van der Waals surface area (Å²) in [5.74, 6) is 11.6. The lowest BCUT2D eigenvalue weighted by atomic mass is 9.84. The van der Waals surface area contributed by atoms with Crippen molar-refractivity contribution in [1.82, 2.24) is 0 Å². The number of rotatable bonds is 0. The fourth-order valence-electron chi connectivity index (χ4n) is 10.6. The zero-order valence-electron chi connectivity index (χ0n) is 52.2. The van der Waals surface area contributed by atoms with Crippen molar-refractivity contribution in [3.63, 3.8) is 0 Å². The molecule has 2 aliphatic heterocycles. The van der Waals surface area contributed by atoms with Crippen molar-refractivity contribution < 1.29 is 13.8 Å². The summed E-state index contributed by atoms with van der Waals surface area (Å²) in [6, 6.07) is 8.48. The highest BCUT2D eigenvalue weighted by molar-refractivity contribution is 5.19. The van der Waals surface area contributed by atoms with E-state index in [0.717, 1.165) is 84.2 Å². The van der Waals surface area contributed by atoms with E-state index in [9.17, 15) is 0 Å². The maximum absolute atomic E-state index is 5.39. The van der Waals surface area contributed by atoms with Gasteiger partial charge in [0.15, 0.2) is 0 Å². The minimum Gasteiger partial charge on any atom is -0.378 e. The van der Waals surface area contributed by atoms with Gasteiger partial charge in [-0.25, -0.2) is 0 Å². The van der Waals surface area contributed by atoms with E-state index in [1.54, 1.807) is 11.1 Å². The summed E-state index contributed by atoms with van der Waals surface area (Å²) in [6.07, 6.45) is 42.7. The van der Waals surface area contributed by atoms with Crippen LogP contribution in [0.3, 0.4) is 0 Å². The number of aryl methyl sites for hydroxylation is 2. The smallest absolute Gasteiger partial charge is 0.0547 e. The van der Waals surface area contributed by atoms with Gasteiger partial charge in [-0.05, 0) is 177 Å². The third kappa shape index (κ3) is 60.3. The van der Waals surface area contributed by atoms with E-state index in [2.05, 4.69) is 161 Å². The molecule has 82 heavy (non-hydrogen) atoms. The molecule has 1 aromatic carbocycles. The lowest BCUT2D eigenvalue weighted by Crippen LogP contribution is -2.21. The van der Waals surface area contributed by atoms with Crippen LogP contribution < -0.4 is 0 Å². The van der Waals surface area contributed by atoms with Gasteiger partial charge in [0.05, 0.1) is 12.2 Å². The van der Waals surface area contributed by atoms with Crippen molar-refractivity contribution in [2.45, 2.75) is 378 Å². The molecule has 2 heterocycles. The molecule has 9 rings (SSSR count). The van der Waals surface area contributed by atoms with Crippen LogP contribution in [0.4, 0.5) is 0 Å². The second kappa shape index (κ2) is 62.7. The molecule has 1 aromatic rings. The van der Waals surface area contributed by atoms with Crippen LogP contribution in [0.25, 0.3) is 0 Å². The minimum absolute atomic E-state index is 0.